The van der Waals surface area contributed by atoms with Crippen LogP contribution in [-0.2, 0) is 4.74 Å². The van der Waals surface area contributed by atoms with E-state index >= 15 is 0 Å². The summed E-state index contributed by atoms with van der Waals surface area (Å²) in [5, 5.41) is 3.42. The summed E-state index contributed by atoms with van der Waals surface area (Å²) < 4.78 is 5.39. The Labute approximate surface area is 111 Å². The van der Waals surface area contributed by atoms with E-state index in [1.165, 1.54) is 0 Å². The number of nitrogens with zero attached hydrogens (tertiary/aromatic N) is 3. The lowest BCUT2D eigenvalue weighted by Gasteiger charge is -2.28. The van der Waals surface area contributed by atoms with Crippen molar-refractivity contribution in [2.45, 2.75) is 25.8 Å². The number of aromatic nitrogens is 4. The van der Waals surface area contributed by atoms with Crippen LogP contribution in [0.4, 0.5) is 11.8 Å². The number of hydrogen-bond acceptors (Lipinski definition) is 6. The quantitative estimate of drug-likeness (QED) is 0.767. The maximum absolute atomic E-state index is 5.70. The molecule has 1 aliphatic rings. The summed E-state index contributed by atoms with van der Waals surface area (Å²) in [5.41, 5.74) is 7.09. The normalized spacial score (nSPS) is 18.6. The van der Waals surface area contributed by atoms with Crippen LogP contribution in [0, 0.1) is 5.92 Å². The summed E-state index contributed by atoms with van der Waals surface area (Å²) in [7, 11) is 0. The zero-order valence-electron chi connectivity index (χ0n) is 10.9. The molecular weight excluding hydrogens is 244 g/mol. The van der Waals surface area contributed by atoms with Crippen molar-refractivity contribution in [3.8, 4) is 0 Å². The molecule has 1 aliphatic heterocycles. The summed E-state index contributed by atoms with van der Waals surface area (Å²) in [5.74, 6) is 1.54. The van der Waals surface area contributed by atoms with Crippen LogP contribution in [0.2, 0.25) is 0 Å². The van der Waals surface area contributed by atoms with E-state index in [1.54, 1.807) is 6.33 Å². The molecule has 0 aromatic carbocycles. The monoisotopic (exact) mass is 262 g/mol. The molecule has 19 heavy (non-hydrogen) atoms. The minimum Gasteiger partial charge on any atom is -0.381 e. The highest BCUT2D eigenvalue weighted by molar-refractivity contribution is 5.83. The number of hydrogen-bond donors (Lipinski definition) is 3. The molecule has 0 aliphatic carbocycles. The summed E-state index contributed by atoms with van der Waals surface area (Å²) in [6.45, 7) is 3.83. The van der Waals surface area contributed by atoms with Crippen molar-refractivity contribution in [3.63, 3.8) is 0 Å². The highest BCUT2D eigenvalue weighted by Gasteiger charge is 2.21. The molecule has 4 N–H and O–H groups in total. The molecule has 0 radical (unpaired) electrons. The molecule has 102 valence electrons. The molecule has 0 saturated carbocycles. The van der Waals surface area contributed by atoms with E-state index in [1.807, 2.05) is 0 Å². The van der Waals surface area contributed by atoms with Gasteiger partial charge in [0, 0.05) is 19.3 Å². The second-order valence-electron chi connectivity index (χ2n) is 4.91. The molecule has 1 saturated heterocycles. The van der Waals surface area contributed by atoms with Crippen molar-refractivity contribution >= 4 is 22.9 Å². The maximum Gasteiger partial charge on any atom is 0.224 e. The van der Waals surface area contributed by atoms with Gasteiger partial charge in [0.25, 0.3) is 0 Å². The third-order valence-electron chi connectivity index (χ3n) is 3.64. The molecule has 7 heteroatoms. The maximum atomic E-state index is 5.70. The summed E-state index contributed by atoms with van der Waals surface area (Å²) in [6, 6.07) is 0.310. The van der Waals surface area contributed by atoms with Gasteiger partial charge in [-0.1, -0.05) is 0 Å². The molecule has 1 atom stereocenters. The van der Waals surface area contributed by atoms with E-state index in [2.05, 4.69) is 32.2 Å². The first-order valence-electron chi connectivity index (χ1n) is 6.55. The standard InChI is InChI=1S/C12H18N6O/c1-7(8-2-4-19-5-3-8)16-11-9-10(15-6-14-9)17-12(13)18-11/h6-8H,2-5H2,1H3,(H4,13,14,15,16,17,18). The minimum atomic E-state index is 0.237. The second kappa shape index (κ2) is 5.00. The van der Waals surface area contributed by atoms with E-state index in [9.17, 15) is 0 Å². The fourth-order valence-electron chi connectivity index (χ4n) is 2.50. The van der Waals surface area contributed by atoms with Crippen LogP contribution in [-0.4, -0.2) is 39.2 Å². The van der Waals surface area contributed by atoms with Crippen LogP contribution in [0.3, 0.4) is 0 Å². The van der Waals surface area contributed by atoms with E-state index in [4.69, 9.17) is 10.5 Å². The van der Waals surface area contributed by atoms with Gasteiger partial charge in [0.05, 0.1) is 6.33 Å². The Morgan fingerprint density at radius 3 is 3.00 bits per heavy atom. The Morgan fingerprint density at radius 1 is 1.42 bits per heavy atom. The molecular formula is C12H18N6O. The Morgan fingerprint density at radius 2 is 2.21 bits per heavy atom. The average Bonchev–Trinajstić information content (AvgIpc) is 2.88. The smallest absolute Gasteiger partial charge is 0.224 e. The third-order valence-corrected chi connectivity index (χ3v) is 3.64. The fraction of sp³-hybridized carbons (Fsp3) is 0.583. The zero-order valence-corrected chi connectivity index (χ0v) is 10.9. The molecule has 0 bridgehead atoms. The Balaban J connectivity index is 1.82. The van der Waals surface area contributed by atoms with E-state index in [0.717, 1.165) is 37.4 Å². The van der Waals surface area contributed by atoms with Gasteiger partial charge in [-0.3, -0.25) is 0 Å². The molecule has 2 aromatic heterocycles. The lowest BCUT2D eigenvalue weighted by molar-refractivity contribution is 0.0622. The third kappa shape index (κ3) is 2.46. The number of nitrogens with two attached hydrogens (primary N) is 1. The van der Waals surface area contributed by atoms with Crippen LogP contribution >= 0.6 is 0 Å². The number of anilines is 2. The van der Waals surface area contributed by atoms with Crippen molar-refractivity contribution in [3.05, 3.63) is 6.33 Å². The Kier molecular flexibility index (Phi) is 3.20. The number of fused-ring (bicyclic) bond motifs is 1. The van der Waals surface area contributed by atoms with Crippen LogP contribution in [0.5, 0.6) is 0 Å². The predicted octanol–water partition coefficient (Wildman–Crippen LogP) is 1.16. The Hall–Kier alpha value is -1.89. The van der Waals surface area contributed by atoms with E-state index < -0.39 is 0 Å². The molecule has 2 aromatic rings. The number of imidazole rings is 1. The number of nitrogens with one attached hydrogen (secondary N) is 2. The summed E-state index contributed by atoms with van der Waals surface area (Å²) in [6.07, 6.45) is 3.74. The molecule has 3 rings (SSSR count). The van der Waals surface area contributed by atoms with Gasteiger partial charge in [-0.25, -0.2) is 4.98 Å². The van der Waals surface area contributed by atoms with Crippen molar-refractivity contribution < 1.29 is 4.74 Å². The van der Waals surface area contributed by atoms with Crippen molar-refractivity contribution in [2.24, 2.45) is 5.92 Å². The number of H-pyrrole nitrogens is 1. The van der Waals surface area contributed by atoms with Gasteiger partial charge in [-0.15, -0.1) is 0 Å². The lowest BCUT2D eigenvalue weighted by Crippen LogP contribution is -2.31. The number of rotatable bonds is 3. The molecule has 0 spiro atoms. The minimum absolute atomic E-state index is 0.237. The number of nitrogen functional groups attached to an aromatic ring is 1. The first-order chi connectivity index (χ1) is 9.24. The molecule has 1 unspecified atom stereocenters. The lowest BCUT2D eigenvalue weighted by atomic mass is 9.93. The summed E-state index contributed by atoms with van der Waals surface area (Å²) in [4.78, 5) is 15.5. The van der Waals surface area contributed by atoms with E-state index in [0.29, 0.717) is 17.6 Å². The highest BCUT2D eigenvalue weighted by atomic mass is 16.5. The molecule has 0 amide bonds. The largest absolute Gasteiger partial charge is 0.381 e. The van der Waals surface area contributed by atoms with Gasteiger partial charge in [0.15, 0.2) is 11.5 Å². The second-order valence-corrected chi connectivity index (χ2v) is 4.91. The average molecular weight is 262 g/mol. The van der Waals surface area contributed by atoms with Crippen molar-refractivity contribution in [1.29, 1.82) is 0 Å². The molecule has 7 nitrogen and oxygen atoms in total. The van der Waals surface area contributed by atoms with Crippen LogP contribution in [0.15, 0.2) is 6.33 Å². The van der Waals surface area contributed by atoms with Gasteiger partial charge in [0.2, 0.25) is 5.95 Å². The van der Waals surface area contributed by atoms with Crippen LogP contribution in [0.25, 0.3) is 11.2 Å². The van der Waals surface area contributed by atoms with Gasteiger partial charge < -0.3 is 20.8 Å². The predicted molar refractivity (Wildman–Crippen MR) is 72.7 cm³/mol. The molecule has 1 fully saturated rings. The highest BCUT2D eigenvalue weighted by Crippen LogP contribution is 2.24. The topological polar surface area (TPSA) is 102 Å². The van der Waals surface area contributed by atoms with Crippen molar-refractivity contribution in [1.82, 2.24) is 19.9 Å². The van der Waals surface area contributed by atoms with Gasteiger partial charge in [-0.2, -0.15) is 9.97 Å². The van der Waals surface area contributed by atoms with E-state index in [-0.39, 0.29) is 5.95 Å². The first-order valence-corrected chi connectivity index (χ1v) is 6.55. The Bertz CT molecular complexity index is 562. The first kappa shape index (κ1) is 12.2. The molecule has 3 heterocycles. The SMILES string of the molecule is CC(Nc1nc(N)nc2nc[nH]c12)C1CCOCC1. The van der Waals surface area contributed by atoms with Crippen LogP contribution in [0.1, 0.15) is 19.8 Å². The van der Waals surface area contributed by atoms with Gasteiger partial charge in [0.1, 0.15) is 5.52 Å². The summed E-state index contributed by atoms with van der Waals surface area (Å²) >= 11 is 0. The van der Waals surface area contributed by atoms with Gasteiger partial charge >= 0.3 is 0 Å². The number of aromatic amines is 1. The number of ether oxygens (including phenoxy) is 1. The van der Waals surface area contributed by atoms with Crippen LogP contribution < -0.4 is 11.1 Å². The van der Waals surface area contributed by atoms with Gasteiger partial charge in [-0.05, 0) is 25.7 Å². The fourth-order valence-corrected chi connectivity index (χ4v) is 2.50. The zero-order chi connectivity index (χ0) is 13.2. The van der Waals surface area contributed by atoms with Crippen molar-refractivity contribution in [2.75, 3.05) is 24.3 Å².